The number of nitrogens with one attached hydrogen (secondary N) is 1. The van der Waals surface area contributed by atoms with E-state index >= 15 is 0 Å². The molecule has 2 unspecified atom stereocenters. The lowest BCUT2D eigenvalue weighted by Crippen LogP contribution is -2.45. The molecule has 1 aliphatic rings. The molecule has 1 saturated heterocycles. The number of hydrogen-bond donors (Lipinski definition) is 2. The van der Waals surface area contributed by atoms with E-state index in [2.05, 4.69) is 15.1 Å². The third-order valence-corrected chi connectivity index (χ3v) is 3.65. The van der Waals surface area contributed by atoms with Crippen LogP contribution in [0.4, 0.5) is 0 Å². The summed E-state index contributed by atoms with van der Waals surface area (Å²) in [6.45, 7) is 3.00. The van der Waals surface area contributed by atoms with Crippen LogP contribution in [0, 0.1) is 0 Å². The highest BCUT2D eigenvalue weighted by atomic mass is 16.5. The van der Waals surface area contributed by atoms with Crippen molar-refractivity contribution in [2.75, 3.05) is 19.8 Å². The molecule has 2 atom stereocenters. The number of nitrogens with zero attached hydrogens (tertiary/aromatic N) is 2. The summed E-state index contributed by atoms with van der Waals surface area (Å²) in [6, 6.07) is 5.73. The second-order valence-electron chi connectivity index (χ2n) is 5.05. The van der Waals surface area contributed by atoms with Crippen molar-refractivity contribution in [1.29, 1.82) is 0 Å². The van der Waals surface area contributed by atoms with Crippen molar-refractivity contribution >= 4 is 0 Å². The van der Waals surface area contributed by atoms with Gasteiger partial charge in [-0.3, -0.25) is 10.00 Å². The van der Waals surface area contributed by atoms with Crippen molar-refractivity contribution in [3.63, 3.8) is 0 Å². The normalized spacial score (nSPS) is 21.9. The van der Waals surface area contributed by atoms with Crippen LogP contribution < -0.4 is 0 Å². The first kappa shape index (κ1) is 13.4. The van der Waals surface area contributed by atoms with E-state index in [4.69, 9.17) is 9.15 Å². The Morgan fingerprint density at radius 1 is 1.50 bits per heavy atom. The number of aromatic nitrogens is 2. The molecule has 0 aromatic carbocycles. The molecule has 0 radical (unpaired) electrons. The van der Waals surface area contributed by atoms with Crippen molar-refractivity contribution in [1.82, 2.24) is 15.1 Å². The zero-order valence-electron chi connectivity index (χ0n) is 11.2. The first-order valence-corrected chi connectivity index (χ1v) is 6.84. The Balaban J connectivity index is 1.63. The van der Waals surface area contributed by atoms with Gasteiger partial charge in [-0.25, -0.2) is 0 Å². The van der Waals surface area contributed by atoms with Crippen molar-refractivity contribution in [3.05, 3.63) is 42.1 Å². The van der Waals surface area contributed by atoms with Crippen molar-refractivity contribution in [2.45, 2.75) is 25.1 Å². The van der Waals surface area contributed by atoms with Crippen molar-refractivity contribution in [2.24, 2.45) is 0 Å². The van der Waals surface area contributed by atoms with Crippen LogP contribution in [0.15, 0.2) is 35.1 Å². The van der Waals surface area contributed by atoms with Gasteiger partial charge in [0.2, 0.25) is 0 Å². The predicted molar refractivity (Wildman–Crippen MR) is 71.9 cm³/mol. The molecule has 3 rings (SSSR count). The number of H-pyrrole nitrogens is 1. The molecule has 1 aliphatic heterocycles. The molecule has 0 spiro atoms. The number of furan rings is 1. The monoisotopic (exact) mass is 277 g/mol. The fourth-order valence-electron chi connectivity index (χ4n) is 2.56. The van der Waals surface area contributed by atoms with Crippen molar-refractivity contribution in [3.8, 4) is 0 Å². The molecule has 0 amide bonds. The van der Waals surface area contributed by atoms with Crippen LogP contribution in [0.1, 0.15) is 24.0 Å². The third-order valence-electron chi connectivity index (χ3n) is 3.65. The average Bonchev–Trinajstić information content (AvgIpc) is 3.13. The molecular formula is C14H19N3O3. The average molecular weight is 277 g/mol. The number of hydrogen-bond acceptors (Lipinski definition) is 5. The van der Waals surface area contributed by atoms with Crippen molar-refractivity contribution < 1.29 is 14.3 Å². The van der Waals surface area contributed by atoms with Gasteiger partial charge in [-0.1, -0.05) is 0 Å². The Labute approximate surface area is 117 Å². The lowest BCUT2D eigenvalue weighted by atomic mass is 10.1. The third kappa shape index (κ3) is 3.09. The topological polar surface area (TPSA) is 74.5 Å². The summed E-state index contributed by atoms with van der Waals surface area (Å²) in [6.07, 6.45) is 3.34. The van der Waals surface area contributed by atoms with Crippen LogP contribution in [0.25, 0.3) is 0 Å². The number of rotatable bonds is 5. The molecule has 6 nitrogen and oxygen atoms in total. The maximum absolute atomic E-state index is 10.2. The lowest BCUT2D eigenvalue weighted by molar-refractivity contribution is -0.0327. The molecule has 1 fully saturated rings. The summed E-state index contributed by atoms with van der Waals surface area (Å²) in [5.41, 5.74) is 1.07. The standard InChI is InChI=1S/C14H19N3O3/c18-13(14-2-1-6-20-14)8-12-10-19-7-5-17(12)9-11-3-4-15-16-11/h1-4,6,12-13,18H,5,7-10H2,(H,15,16). The summed E-state index contributed by atoms with van der Waals surface area (Å²) in [5.74, 6) is 0.608. The van der Waals surface area contributed by atoms with E-state index in [-0.39, 0.29) is 6.04 Å². The van der Waals surface area contributed by atoms with Gasteiger partial charge >= 0.3 is 0 Å². The van der Waals surface area contributed by atoms with E-state index in [0.717, 1.165) is 25.4 Å². The summed E-state index contributed by atoms with van der Waals surface area (Å²) < 4.78 is 10.8. The molecule has 2 aromatic rings. The van der Waals surface area contributed by atoms with Gasteiger partial charge in [0, 0.05) is 31.0 Å². The SMILES string of the molecule is OC(CC1COCCN1Cc1ccn[nH]1)c1ccco1. The highest BCUT2D eigenvalue weighted by Gasteiger charge is 2.27. The molecule has 0 aliphatic carbocycles. The summed E-state index contributed by atoms with van der Waals surface area (Å²) in [5, 5.41) is 17.1. The van der Waals surface area contributed by atoms with Gasteiger partial charge in [-0.05, 0) is 24.6 Å². The summed E-state index contributed by atoms with van der Waals surface area (Å²) in [7, 11) is 0. The van der Waals surface area contributed by atoms with E-state index in [1.165, 1.54) is 0 Å². The molecule has 2 aromatic heterocycles. The van der Waals surface area contributed by atoms with Crippen LogP contribution >= 0.6 is 0 Å². The highest BCUT2D eigenvalue weighted by Crippen LogP contribution is 2.23. The van der Waals surface area contributed by atoms with E-state index in [0.29, 0.717) is 18.8 Å². The van der Waals surface area contributed by atoms with Crippen LogP contribution in [0.3, 0.4) is 0 Å². The van der Waals surface area contributed by atoms with Gasteiger partial charge in [0.1, 0.15) is 11.9 Å². The number of morpholine rings is 1. The second kappa shape index (κ2) is 6.21. The quantitative estimate of drug-likeness (QED) is 0.862. The molecule has 0 saturated carbocycles. The van der Waals surface area contributed by atoms with Crippen LogP contribution in [-0.2, 0) is 11.3 Å². The molecule has 0 bridgehead atoms. The van der Waals surface area contributed by atoms with E-state index in [1.54, 1.807) is 24.6 Å². The van der Waals surface area contributed by atoms with Gasteiger partial charge in [-0.2, -0.15) is 5.10 Å². The van der Waals surface area contributed by atoms with Gasteiger partial charge in [0.05, 0.1) is 19.5 Å². The van der Waals surface area contributed by atoms with Crippen LogP contribution in [0.5, 0.6) is 0 Å². The zero-order chi connectivity index (χ0) is 13.8. The van der Waals surface area contributed by atoms with E-state index < -0.39 is 6.10 Å². The Kier molecular flexibility index (Phi) is 4.15. The van der Waals surface area contributed by atoms with E-state index in [1.807, 2.05) is 6.07 Å². The Hall–Kier alpha value is -1.63. The molecule has 108 valence electrons. The van der Waals surface area contributed by atoms with Crippen LogP contribution in [-0.4, -0.2) is 46.0 Å². The number of aliphatic hydroxyl groups excluding tert-OH is 1. The first-order valence-electron chi connectivity index (χ1n) is 6.84. The van der Waals surface area contributed by atoms with Crippen LogP contribution in [0.2, 0.25) is 0 Å². The maximum Gasteiger partial charge on any atom is 0.132 e. The molecule has 2 N–H and O–H groups in total. The summed E-state index contributed by atoms with van der Waals surface area (Å²) >= 11 is 0. The second-order valence-corrected chi connectivity index (χ2v) is 5.05. The number of aromatic amines is 1. The minimum Gasteiger partial charge on any atom is -0.467 e. The Morgan fingerprint density at radius 2 is 2.45 bits per heavy atom. The largest absolute Gasteiger partial charge is 0.467 e. The fraction of sp³-hybridized carbons (Fsp3) is 0.500. The van der Waals surface area contributed by atoms with Gasteiger partial charge in [0.25, 0.3) is 0 Å². The summed E-state index contributed by atoms with van der Waals surface area (Å²) in [4.78, 5) is 2.31. The fourth-order valence-corrected chi connectivity index (χ4v) is 2.56. The highest BCUT2D eigenvalue weighted by molar-refractivity contribution is 5.03. The molecule has 6 heteroatoms. The number of aliphatic hydroxyl groups is 1. The molecule has 3 heterocycles. The predicted octanol–water partition coefficient (Wildman–Crippen LogP) is 1.33. The lowest BCUT2D eigenvalue weighted by Gasteiger charge is -2.36. The minimum atomic E-state index is -0.596. The number of ether oxygens (including phenoxy) is 1. The van der Waals surface area contributed by atoms with E-state index in [9.17, 15) is 5.11 Å². The zero-order valence-corrected chi connectivity index (χ0v) is 11.2. The molecular weight excluding hydrogens is 258 g/mol. The smallest absolute Gasteiger partial charge is 0.132 e. The van der Waals surface area contributed by atoms with Gasteiger partial charge in [0.15, 0.2) is 0 Å². The molecule has 20 heavy (non-hydrogen) atoms. The Bertz CT molecular complexity index is 498. The van der Waals surface area contributed by atoms with Gasteiger partial charge in [-0.15, -0.1) is 0 Å². The first-order chi connectivity index (χ1) is 9.83. The Morgan fingerprint density at radius 3 is 3.20 bits per heavy atom. The minimum absolute atomic E-state index is 0.173. The maximum atomic E-state index is 10.2. The van der Waals surface area contributed by atoms with Gasteiger partial charge < -0.3 is 14.3 Å².